The third-order valence-corrected chi connectivity index (χ3v) is 7.65. The molecule has 31 heavy (non-hydrogen) atoms. The van der Waals surface area contributed by atoms with E-state index in [2.05, 4.69) is 33.2 Å². The molecule has 2 amide bonds. The maximum atomic E-state index is 12.9. The summed E-state index contributed by atoms with van der Waals surface area (Å²) in [6.07, 6.45) is 6.73. The number of carbonyl (C=O) groups is 2. The Labute approximate surface area is 184 Å². The van der Waals surface area contributed by atoms with E-state index in [-0.39, 0.29) is 41.2 Å². The second-order valence-electron chi connectivity index (χ2n) is 8.51. The van der Waals surface area contributed by atoms with Crippen molar-refractivity contribution in [1.82, 2.24) is 5.01 Å². The van der Waals surface area contributed by atoms with Crippen LogP contribution in [0.2, 0.25) is 0 Å². The van der Waals surface area contributed by atoms with Crippen LogP contribution in [0.1, 0.15) is 12.2 Å². The Hall–Kier alpha value is -3.07. The van der Waals surface area contributed by atoms with Crippen LogP contribution in [0.15, 0.2) is 56.5 Å². The van der Waals surface area contributed by atoms with E-state index in [1.807, 2.05) is 0 Å². The maximum absolute atomic E-state index is 12.9. The molecule has 7 rings (SSSR count). The van der Waals surface area contributed by atoms with Crippen molar-refractivity contribution in [3.05, 3.63) is 62.8 Å². The van der Waals surface area contributed by atoms with Crippen LogP contribution in [0.3, 0.4) is 0 Å². The second kappa shape index (κ2) is 6.46. The minimum absolute atomic E-state index is 0.0300. The van der Waals surface area contributed by atoms with Gasteiger partial charge >= 0.3 is 0 Å². The predicted molar refractivity (Wildman–Crippen MR) is 113 cm³/mol. The number of furan rings is 1. The van der Waals surface area contributed by atoms with Crippen molar-refractivity contribution in [2.45, 2.75) is 6.42 Å². The van der Waals surface area contributed by atoms with Gasteiger partial charge in [-0.05, 0) is 64.2 Å². The molecule has 9 heteroatoms. The number of rotatable bonds is 4. The number of hydrogen-bond acceptors (Lipinski definition) is 6. The number of imide groups is 1. The summed E-state index contributed by atoms with van der Waals surface area (Å²) in [6, 6.07) is 7.77. The molecular formula is C22H16BrN3O5. The lowest BCUT2D eigenvalue weighted by Crippen LogP contribution is -2.40. The second-order valence-corrected chi connectivity index (χ2v) is 9.37. The third kappa shape index (κ3) is 2.69. The zero-order valence-electron chi connectivity index (χ0n) is 16.1. The van der Waals surface area contributed by atoms with Gasteiger partial charge in [-0.1, -0.05) is 12.2 Å². The van der Waals surface area contributed by atoms with Crippen LogP contribution >= 0.6 is 15.9 Å². The number of nitro groups is 1. The minimum Gasteiger partial charge on any atom is -0.455 e. The van der Waals surface area contributed by atoms with Gasteiger partial charge in [0, 0.05) is 22.2 Å². The molecule has 1 saturated heterocycles. The van der Waals surface area contributed by atoms with Gasteiger partial charge in [-0.2, -0.15) is 10.1 Å². The highest BCUT2D eigenvalue weighted by Crippen LogP contribution is 2.65. The van der Waals surface area contributed by atoms with Crippen molar-refractivity contribution in [2.24, 2.45) is 40.6 Å². The minimum atomic E-state index is -0.471. The third-order valence-electron chi connectivity index (χ3n) is 7.00. The van der Waals surface area contributed by atoms with Crippen molar-refractivity contribution >= 4 is 39.6 Å². The topological polar surface area (TPSA) is 106 Å². The number of halogens is 1. The molecule has 3 fully saturated rings. The molecule has 0 radical (unpaired) electrons. The lowest BCUT2D eigenvalue weighted by Gasteiger charge is -2.37. The van der Waals surface area contributed by atoms with Crippen molar-refractivity contribution in [3.8, 4) is 11.3 Å². The quantitative estimate of drug-likeness (QED) is 0.215. The molecule has 1 aliphatic heterocycles. The van der Waals surface area contributed by atoms with Crippen molar-refractivity contribution in [3.63, 3.8) is 0 Å². The monoisotopic (exact) mass is 481 g/mol. The summed E-state index contributed by atoms with van der Waals surface area (Å²) in [7, 11) is 0. The van der Waals surface area contributed by atoms with Crippen LogP contribution in [-0.4, -0.2) is 28.0 Å². The number of non-ortho nitro benzene ring substituents is 1. The first-order valence-corrected chi connectivity index (χ1v) is 10.9. The highest BCUT2D eigenvalue weighted by atomic mass is 79.9. The molecule has 0 unspecified atom stereocenters. The zero-order chi connectivity index (χ0) is 21.4. The van der Waals surface area contributed by atoms with Gasteiger partial charge in [0.15, 0.2) is 0 Å². The lowest BCUT2D eigenvalue weighted by molar-refractivity contribution is -0.384. The summed E-state index contributed by atoms with van der Waals surface area (Å²) in [4.78, 5) is 36.3. The van der Waals surface area contributed by atoms with E-state index in [4.69, 9.17) is 4.42 Å². The first-order valence-electron chi connectivity index (χ1n) is 10.1. The molecule has 156 valence electrons. The fraction of sp³-hybridized carbons (Fsp3) is 0.318. The summed E-state index contributed by atoms with van der Waals surface area (Å²) < 4.78 is 6.29. The number of benzene rings is 1. The number of amides is 2. The molecule has 2 heterocycles. The number of carbonyl (C=O) groups excluding carboxylic acids is 2. The van der Waals surface area contributed by atoms with E-state index in [1.165, 1.54) is 18.3 Å². The van der Waals surface area contributed by atoms with Crippen LogP contribution in [0.4, 0.5) is 5.69 Å². The average Bonchev–Trinajstić information content (AvgIpc) is 3.40. The lowest BCUT2D eigenvalue weighted by atomic mass is 9.63. The van der Waals surface area contributed by atoms with Gasteiger partial charge in [0.2, 0.25) is 0 Å². The molecule has 6 atom stereocenters. The molecule has 2 bridgehead atoms. The first kappa shape index (κ1) is 18.7. The zero-order valence-corrected chi connectivity index (χ0v) is 17.6. The SMILES string of the molecule is O=C1[C@H]2[C@@H]3C=C[C@H]([C@@H]4C[C@H]34)[C@@H]2C(=O)N1/N=C\c1ccc(-c2ccc([N+](=O)[O-])cc2Br)o1. The Bertz CT molecular complexity index is 1180. The Kier molecular flexibility index (Phi) is 3.89. The van der Waals surface area contributed by atoms with Crippen molar-refractivity contribution in [1.29, 1.82) is 0 Å². The number of allylic oxidation sites excluding steroid dienone is 2. The maximum Gasteiger partial charge on any atom is 0.270 e. The summed E-state index contributed by atoms with van der Waals surface area (Å²) in [5.41, 5.74) is 0.615. The van der Waals surface area contributed by atoms with Gasteiger partial charge in [-0.15, -0.1) is 0 Å². The average molecular weight is 482 g/mol. The summed E-state index contributed by atoms with van der Waals surface area (Å²) in [5.74, 6) is 1.25. The highest BCUT2D eigenvalue weighted by molar-refractivity contribution is 9.10. The summed E-state index contributed by atoms with van der Waals surface area (Å²) in [6.45, 7) is 0. The highest BCUT2D eigenvalue weighted by Gasteiger charge is 2.67. The van der Waals surface area contributed by atoms with E-state index >= 15 is 0 Å². The standard InChI is InChI=1S/C22H16BrN3O5/c23-17-7-10(26(29)30)1-3-14(17)18-6-2-11(31-18)9-24-25-21(27)19-12-4-5-13(16-8-15(12)16)20(19)22(25)28/h1-7,9,12-13,15-16,19-20H,8H2/b24-9-/t12-,13-,15-,16+,19+,20+/m1/s1. The normalized spacial score (nSPS) is 32.6. The van der Waals surface area contributed by atoms with E-state index in [0.717, 1.165) is 11.4 Å². The van der Waals surface area contributed by atoms with Crippen LogP contribution in [0, 0.1) is 45.6 Å². The van der Waals surface area contributed by atoms with Crippen LogP contribution in [0.25, 0.3) is 11.3 Å². The van der Waals surface area contributed by atoms with Crippen molar-refractivity contribution < 1.29 is 18.9 Å². The van der Waals surface area contributed by atoms with Gasteiger partial charge in [0.1, 0.15) is 11.5 Å². The van der Waals surface area contributed by atoms with Crippen LogP contribution in [0.5, 0.6) is 0 Å². The predicted octanol–water partition coefficient (Wildman–Crippen LogP) is 4.00. The molecular weight excluding hydrogens is 466 g/mol. The number of hydrogen-bond donors (Lipinski definition) is 0. The molecule has 8 nitrogen and oxygen atoms in total. The van der Waals surface area contributed by atoms with E-state index in [9.17, 15) is 19.7 Å². The van der Waals surface area contributed by atoms with Gasteiger partial charge < -0.3 is 4.42 Å². The Morgan fingerprint density at radius 2 is 1.77 bits per heavy atom. The van der Waals surface area contributed by atoms with Gasteiger partial charge in [0.25, 0.3) is 17.5 Å². The Morgan fingerprint density at radius 1 is 1.10 bits per heavy atom. The summed E-state index contributed by atoms with van der Waals surface area (Å²) >= 11 is 3.33. The van der Waals surface area contributed by atoms with E-state index in [1.54, 1.807) is 18.2 Å². The molecule has 2 aromatic rings. The van der Waals surface area contributed by atoms with E-state index < -0.39 is 4.92 Å². The molecule has 0 spiro atoms. The number of nitro benzene ring substituents is 1. The molecule has 4 aliphatic carbocycles. The fourth-order valence-electron chi connectivity index (χ4n) is 5.55. The van der Waals surface area contributed by atoms with Gasteiger partial charge in [-0.25, -0.2) is 0 Å². The smallest absolute Gasteiger partial charge is 0.270 e. The number of hydrazone groups is 1. The number of nitrogens with zero attached hydrogens (tertiary/aromatic N) is 3. The molecule has 5 aliphatic rings. The Morgan fingerprint density at radius 3 is 2.39 bits per heavy atom. The summed E-state index contributed by atoms with van der Waals surface area (Å²) in [5, 5.41) is 16.1. The molecule has 0 N–H and O–H groups in total. The van der Waals surface area contributed by atoms with E-state index in [0.29, 0.717) is 33.4 Å². The van der Waals surface area contributed by atoms with Crippen LogP contribution in [-0.2, 0) is 9.59 Å². The van der Waals surface area contributed by atoms with Gasteiger partial charge in [0.05, 0.1) is 23.0 Å². The van der Waals surface area contributed by atoms with Gasteiger partial charge in [-0.3, -0.25) is 19.7 Å². The van der Waals surface area contributed by atoms with Crippen molar-refractivity contribution in [2.75, 3.05) is 0 Å². The molecule has 1 aromatic carbocycles. The van der Waals surface area contributed by atoms with Crippen LogP contribution < -0.4 is 0 Å². The fourth-order valence-corrected chi connectivity index (χ4v) is 6.12. The molecule has 1 aromatic heterocycles. The first-order chi connectivity index (χ1) is 14.9. The largest absolute Gasteiger partial charge is 0.455 e. The molecule has 2 saturated carbocycles. The Balaban J connectivity index is 1.23.